The number of halogens is 3. The molecule has 1 N–H and O–H groups in total. The zero-order chi connectivity index (χ0) is 28.4. The highest BCUT2D eigenvalue weighted by molar-refractivity contribution is 5.73. The fourth-order valence-electron chi connectivity index (χ4n) is 5.92. The lowest BCUT2D eigenvalue weighted by Gasteiger charge is -2.22. The van der Waals surface area contributed by atoms with Crippen LogP contribution in [-0.4, -0.2) is 39.1 Å². The van der Waals surface area contributed by atoms with Crippen molar-refractivity contribution in [2.45, 2.75) is 52.3 Å². The summed E-state index contributed by atoms with van der Waals surface area (Å²) in [4.78, 5) is 19.7. The molecule has 3 heterocycles. The molecule has 2 aromatic carbocycles. The number of aliphatic hydroxyl groups is 1. The number of rotatable bonds is 4. The third kappa shape index (κ3) is 4.70. The molecular weight excluding hydrogens is 521 g/mol. The molecule has 2 aliphatic rings. The van der Waals surface area contributed by atoms with Gasteiger partial charge < -0.3 is 14.4 Å². The minimum Gasteiger partial charge on any atom is -0.444 e. The Bertz CT molecular complexity index is 1660. The Labute approximate surface area is 228 Å². The first-order chi connectivity index (χ1) is 18.9. The number of β-amino-alcohol motifs (C(OH)–C–C–N with tert-alkyl or cyclic N) is 1. The molecule has 208 valence electrons. The fraction of sp³-hybridized carbons (Fsp3) is 0.367. The summed E-state index contributed by atoms with van der Waals surface area (Å²) in [5.41, 5.74) is 2.48. The smallest absolute Gasteiger partial charge is 0.418 e. The zero-order valence-corrected chi connectivity index (χ0v) is 22.4. The largest absolute Gasteiger partial charge is 0.444 e. The van der Waals surface area contributed by atoms with Crippen LogP contribution in [0.1, 0.15) is 42.5 Å². The number of aromatic nitrogens is 3. The molecule has 1 aliphatic carbocycles. The highest BCUT2D eigenvalue weighted by Crippen LogP contribution is 2.41. The van der Waals surface area contributed by atoms with Crippen molar-refractivity contribution in [3.63, 3.8) is 0 Å². The third-order valence-electron chi connectivity index (χ3n) is 7.72. The number of aliphatic hydroxyl groups excluding tert-OH is 1. The lowest BCUT2D eigenvalue weighted by atomic mass is 9.89. The van der Waals surface area contributed by atoms with Crippen molar-refractivity contribution in [1.82, 2.24) is 14.8 Å². The standard InChI is InChI=1S/C30H29F3N4O3/c1-17-8-18(26-14-34-16-40-26)10-19(9-17)27-22-12-29(2,3)13-23(22)28(39)37(35-27)25-11-20(36-7-6-21(38)15-36)4-5-24(25)30(31,32)33/h4-5,8-11,14,16,21,38H,6-7,12-13,15H2,1-3H3/t21-/m0/s1. The Morgan fingerprint density at radius 3 is 2.50 bits per heavy atom. The first-order valence-corrected chi connectivity index (χ1v) is 13.2. The number of fused-ring (bicyclic) bond motifs is 1. The molecule has 2 aromatic heterocycles. The van der Waals surface area contributed by atoms with Crippen molar-refractivity contribution in [2.24, 2.45) is 5.41 Å². The number of hydrogen-bond donors (Lipinski definition) is 1. The molecule has 10 heteroatoms. The summed E-state index contributed by atoms with van der Waals surface area (Å²) in [5.74, 6) is 0.551. The van der Waals surface area contributed by atoms with Gasteiger partial charge in [-0.15, -0.1) is 0 Å². The van der Waals surface area contributed by atoms with Crippen molar-refractivity contribution >= 4 is 5.69 Å². The topological polar surface area (TPSA) is 84.4 Å². The minimum absolute atomic E-state index is 0.255. The maximum absolute atomic E-state index is 14.3. The summed E-state index contributed by atoms with van der Waals surface area (Å²) in [6.45, 7) is 6.81. The number of aryl methyl sites for hydroxylation is 1. The SMILES string of the molecule is Cc1cc(-c2cnco2)cc(-c2nn(-c3cc(N4CC[C@H](O)C4)ccc3C(F)(F)F)c(=O)c3c2CC(C)(C)C3)c1. The van der Waals surface area contributed by atoms with E-state index in [0.29, 0.717) is 60.6 Å². The molecule has 1 fully saturated rings. The van der Waals surface area contributed by atoms with Crippen LogP contribution in [0.3, 0.4) is 0 Å². The first-order valence-electron chi connectivity index (χ1n) is 13.2. The molecule has 1 atom stereocenters. The number of alkyl halides is 3. The van der Waals surface area contributed by atoms with Gasteiger partial charge in [0.15, 0.2) is 12.2 Å². The van der Waals surface area contributed by atoms with Gasteiger partial charge in [0.2, 0.25) is 0 Å². The van der Waals surface area contributed by atoms with Crippen LogP contribution in [0.2, 0.25) is 0 Å². The molecular formula is C30H29F3N4O3. The lowest BCUT2D eigenvalue weighted by Crippen LogP contribution is -2.29. The molecule has 0 spiro atoms. The predicted molar refractivity (Wildman–Crippen MR) is 145 cm³/mol. The highest BCUT2D eigenvalue weighted by atomic mass is 19.4. The molecule has 1 aliphatic heterocycles. The second-order valence-electron chi connectivity index (χ2n) is 11.6. The molecule has 6 rings (SSSR count). The first kappa shape index (κ1) is 26.3. The van der Waals surface area contributed by atoms with E-state index in [9.17, 15) is 23.1 Å². The molecule has 4 aromatic rings. The number of oxazole rings is 1. The maximum atomic E-state index is 14.3. The molecule has 1 saturated heterocycles. The van der Waals surface area contributed by atoms with E-state index in [4.69, 9.17) is 4.42 Å². The number of anilines is 1. The summed E-state index contributed by atoms with van der Waals surface area (Å²) in [6, 6.07) is 9.45. The normalized spacial score (nSPS) is 18.4. The Hall–Kier alpha value is -3.92. The van der Waals surface area contributed by atoms with Crippen LogP contribution in [0, 0.1) is 12.3 Å². The second-order valence-corrected chi connectivity index (χ2v) is 11.6. The summed E-state index contributed by atoms with van der Waals surface area (Å²) < 4.78 is 49.3. The Morgan fingerprint density at radius 2 is 1.82 bits per heavy atom. The number of nitrogens with zero attached hydrogens (tertiary/aromatic N) is 4. The van der Waals surface area contributed by atoms with Crippen molar-refractivity contribution in [3.05, 3.63) is 81.6 Å². The third-order valence-corrected chi connectivity index (χ3v) is 7.72. The molecule has 0 radical (unpaired) electrons. The number of benzene rings is 2. The van der Waals surface area contributed by atoms with Crippen molar-refractivity contribution < 1.29 is 22.7 Å². The molecule has 0 saturated carbocycles. The van der Waals surface area contributed by atoms with Gasteiger partial charge in [-0.05, 0) is 79.1 Å². The molecule has 7 nitrogen and oxygen atoms in total. The van der Waals surface area contributed by atoms with Gasteiger partial charge in [0.25, 0.3) is 5.56 Å². The Kier molecular flexibility index (Phi) is 6.14. The maximum Gasteiger partial charge on any atom is 0.418 e. The van der Waals surface area contributed by atoms with E-state index in [1.807, 2.05) is 43.9 Å². The summed E-state index contributed by atoms with van der Waals surface area (Å²) >= 11 is 0. The lowest BCUT2D eigenvalue weighted by molar-refractivity contribution is -0.137. The molecule has 0 unspecified atom stereocenters. The van der Waals surface area contributed by atoms with Gasteiger partial charge >= 0.3 is 6.18 Å². The van der Waals surface area contributed by atoms with Crippen LogP contribution >= 0.6 is 0 Å². The second kappa shape index (κ2) is 9.33. The van der Waals surface area contributed by atoms with E-state index in [1.165, 1.54) is 18.5 Å². The minimum atomic E-state index is -4.71. The quantitative estimate of drug-likeness (QED) is 0.357. The van der Waals surface area contributed by atoms with Gasteiger partial charge in [-0.2, -0.15) is 23.0 Å². The van der Waals surface area contributed by atoms with E-state index in [2.05, 4.69) is 10.1 Å². The van der Waals surface area contributed by atoms with Gasteiger partial charge in [0.1, 0.15) is 0 Å². The van der Waals surface area contributed by atoms with E-state index in [1.54, 1.807) is 6.20 Å². The van der Waals surface area contributed by atoms with Crippen LogP contribution in [0.4, 0.5) is 18.9 Å². The Balaban J connectivity index is 1.60. The van der Waals surface area contributed by atoms with Crippen LogP contribution in [0.15, 0.2) is 58.2 Å². The van der Waals surface area contributed by atoms with Crippen molar-refractivity contribution in [3.8, 4) is 28.3 Å². The molecule has 40 heavy (non-hydrogen) atoms. The fourth-order valence-corrected chi connectivity index (χ4v) is 5.92. The van der Waals surface area contributed by atoms with Gasteiger partial charge in [-0.1, -0.05) is 13.8 Å². The van der Waals surface area contributed by atoms with Crippen molar-refractivity contribution in [1.29, 1.82) is 0 Å². The predicted octanol–water partition coefficient (Wildman–Crippen LogP) is 5.58. The molecule has 0 amide bonds. The van der Waals surface area contributed by atoms with Gasteiger partial charge in [0.05, 0.1) is 29.2 Å². The van der Waals surface area contributed by atoms with E-state index in [-0.39, 0.29) is 11.1 Å². The highest BCUT2D eigenvalue weighted by Gasteiger charge is 2.38. The van der Waals surface area contributed by atoms with Gasteiger partial charge in [-0.3, -0.25) is 4.79 Å². The average Bonchev–Trinajstić information content (AvgIpc) is 3.63. The van der Waals surface area contributed by atoms with Crippen molar-refractivity contribution in [2.75, 3.05) is 18.0 Å². The van der Waals surface area contributed by atoms with Crippen LogP contribution in [0.25, 0.3) is 28.3 Å². The van der Waals surface area contributed by atoms with Crippen LogP contribution in [0.5, 0.6) is 0 Å². The van der Waals surface area contributed by atoms with Gasteiger partial charge in [0, 0.05) is 35.5 Å². The zero-order valence-electron chi connectivity index (χ0n) is 22.4. The average molecular weight is 551 g/mol. The summed E-state index contributed by atoms with van der Waals surface area (Å²) in [5, 5.41) is 14.7. The molecule has 0 bridgehead atoms. The monoisotopic (exact) mass is 550 g/mol. The number of hydrogen-bond acceptors (Lipinski definition) is 6. The van der Waals surface area contributed by atoms with Crippen LogP contribution < -0.4 is 10.5 Å². The Morgan fingerprint density at radius 1 is 1.07 bits per heavy atom. The summed E-state index contributed by atoms with van der Waals surface area (Å²) in [6.07, 6.45) is -0.812. The van der Waals surface area contributed by atoms with Crippen LogP contribution in [-0.2, 0) is 19.0 Å². The van der Waals surface area contributed by atoms with E-state index < -0.39 is 23.4 Å². The van der Waals surface area contributed by atoms with E-state index in [0.717, 1.165) is 27.4 Å². The summed E-state index contributed by atoms with van der Waals surface area (Å²) in [7, 11) is 0. The van der Waals surface area contributed by atoms with E-state index >= 15 is 0 Å². The van der Waals surface area contributed by atoms with Gasteiger partial charge in [-0.25, -0.2) is 4.98 Å².